The van der Waals surface area contributed by atoms with Crippen molar-refractivity contribution in [2.75, 3.05) is 12.0 Å². The molecule has 0 saturated heterocycles. The molecular weight excluding hydrogens is 446 g/mol. The number of ether oxygens (including phenoxy) is 2. The summed E-state index contributed by atoms with van der Waals surface area (Å²) in [6, 6.07) is 6.76. The lowest BCUT2D eigenvalue weighted by Gasteiger charge is -2.22. The van der Waals surface area contributed by atoms with Crippen LogP contribution < -0.4 is 15.5 Å². The van der Waals surface area contributed by atoms with Gasteiger partial charge in [-0.15, -0.1) is 0 Å². The van der Waals surface area contributed by atoms with Crippen LogP contribution >= 0.6 is 11.8 Å². The Kier molecular flexibility index (Phi) is 7.22. The van der Waals surface area contributed by atoms with E-state index in [1.165, 1.54) is 23.9 Å². The molecule has 1 aromatic heterocycles. The number of carbonyl (C=O) groups excluding carboxylic acids is 2. The molecule has 0 spiro atoms. The Bertz CT molecular complexity index is 1260. The molecule has 2 N–H and O–H groups in total. The van der Waals surface area contributed by atoms with E-state index >= 15 is 0 Å². The Labute approximate surface area is 195 Å². The third kappa shape index (κ3) is 5.78. The highest BCUT2D eigenvalue weighted by Crippen LogP contribution is 2.31. The lowest BCUT2D eigenvalue weighted by molar-refractivity contribution is -0.136. The molecule has 2 aromatic carbocycles. The van der Waals surface area contributed by atoms with Crippen LogP contribution in [0.3, 0.4) is 0 Å². The van der Waals surface area contributed by atoms with Crippen molar-refractivity contribution in [2.24, 2.45) is 0 Å². The van der Waals surface area contributed by atoms with Gasteiger partial charge in [-0.2, -0.15) is 11.8 Å². The van der Waals surface area contributed by atoms with Crippen molar-refractivity contribution in [2.45, 2.75) is 45.8 Å². The highest BCUT2D eigenvalue weighted by atomic mass is 32.2. The average Bonchev–Trinajstić information content (AvgIpc) is 2.70. The van der Waals surface area contributed by atoms with E-state index in [2.05, 4.69) is 5.32 Å². The van der Waals surface area contributed by atoms with Crippen molar-refractivity contribution in [1.82, 2.24) is 5.32 Å². The molecule has 0 aliphatic rings. The summed E-state index contributed by atoms with van der Waals surface area (Å²) in [5, 5.41) is 13.4. The molecule has 0 saturated carbocycles. The van der Waals surface area contributed by atoms with Crippen LogP contribution in [0, 0.1) is 6.92 Å². The summed E-state index contributed by atoms with van der Waals surface area (Å²) in [4.78, 5) is 37.9. The van der Waals surface area contributed by atoms with Gasteiger partial charge >= 0.3 is 12.1 Å². The summed E-state index contributed by atoms with van der Waals surface area (Å²) in [5.74, 6) is -0.513. The summed E-state index contributed by atoms with van der Waals surface area (Å²) in [5.41, 5.74) is 0.134. The fraction of sp³-hybridized carbons (Fsp3) is 0.375. The second kappa shape index (κ2) is 9.74. The van der Waals surface area contributed by atoms with E-state index in [9.17, 15) is 19.5 Å². The predicted molar refractivity (Wildman–Crippen MR) is 128 cm³/mol. The molecular formula is C24H27NO7S. The summed E-state index contributed by atoms with van der Waals surface area (Å²) in [7, 11) is 0. The lowest BCUT2D eigenvalue weighted by Crippen LogP contribution is -2.45. The van der Waals surface area contributed by atoms with Gasteiger partial charge in [0, 0.05) is 12.1 Å². The number of aryl methyl sites for hydroxylation is 1. The van der Waals surface area contributed by atoms with Gasteiger partial charge in [-0.25, -0.2) is 9.59 Å². The van der Waals surface area contributed by atoms with E-state index in [1.54, 1.807) is 45.9 Å². The van der Waals surface area contributed by atoms with Crippen molar-refractivity contribution in [3.63, 3.8) is 0 Å². The zero-order valence-corrected chi connectivity index (χ0v) is 20.0. The maximum Gasteiger partial charge on any atom is 0.408 e. The summed E-state index contributed by atoms with van der Waals surface area (Å²) in [6.45, 7) is 6.97. The van der Waals surface area contributed by atoms with Gasteiger partial charge in [-0.3, -0.25) is 4.79 Å². The first-order chi connectivity index (χ1) is 15.5. The van der Waals surface area contributed by atoms with E-state index in [1.807, 2.05) is 6.26 Å². The van der Waals surface area contributed by atoms with Crippen LogP contribution in [0.2, 0.25) is 0 Å². The van der Waals surface area contributed by atoms with E-state index in [0.29, 0.717) is 23.1 Å². The zero-order chi connectivity index (χ0) is 24.3. The van der Waals surface area contributed by atoms with Crippen LogP contribution in [0.5, 0.6) is 11.5 Å². The molecule has 0 fully saturated rings. The Balaban J connectivity index is 1.92. The molecule has 176 valence electrons. The van der Waals surface area contributed by atoms with E-state index in [4.69, 9.17) is 13.9 Å². The first-order valence-corrected chi connectivity index (χ1v) is 11.8. The standard InChI is InChI=1S/C24H27NO7S/c1-13-7-6-8-15-20(27)19-17(26)11-14(12-18(19)31-21(13)15)30-22(28)16(9-10-33-5)25-23(29)32-24(2,3)4/h6-8,11-12,16,26H,9-10H2,1-5H3,(H,25,29). The van der Waals surface area contributed by atoms with E-state index in [0.717, 1.165) is 5.56 Å². The van der Waals surface area contributed by atoms with Crippen molar-refractivity contribution < 1.29 is 28.6 Å². The number of thioether (sulfide) groups is 1. The molecule has 33 heavy (non-hydrogen) atoms. The number of phenolic OH excluding ortho intramolecular Hbond substituents is 1. The molecule has 1 amide bonds. The Hall–Kier alpha value is -3.20. The number of para-hydroxylation sites is 1. The molecule has 9 heteroatoms. The highest BCUT2D eigenvalue weighted by Gasteiger charge is 2.26. The predicted octanol–water partition coefficient (Wildman–Crippen LogP) is 4.51. The average molecular weight is 474 g/mol. The Morgan fingerprint density at radius 2 is 1.97 bits per heavy atom. The molecule has 3 rings (SSSR count). The SMILES string of the molecule is CSCCC(NC(=O)OC(C)(C)C)C(=O)Oc1cc(O)c2c(=O)c3cccc(C)c3oc2c1. The van der Waals surface area contributed by atoms with E-state index in [-0.39, 0.29) is 27.9 Å². The number of aromatic hydroxyl groups is 1. The minimum atomic E-state index is -0.962. The van der Waals surface area contributed by atoms with Crippen molar-refractivity contribution in [3.8, 4) is 11.5 Å². The van der Waals surface area contributed by atoms with Crippen molar-refractivity contribution in [3.05, 3.63) is 46.1 Å². The Morgan fingerprint density at radius 1 is 1.24 bits per heavy atom. The van der Waals surface area contributed by atoms with Crippen LogP contribution in [0.1, 0.15) is 32.8 Å². The number of alkyl carbamates (subject to hydrolysis) is 1. The van der Waals surface area contributed by atoms with Crippen LogP contribution in [0.25, 0.3) is 21.9 Å². The molecule has 0 aliphatic carbocycles. The van der Waals surface area contributed by atoms with Crippen molar-refractivity contribution in [1.29, 1.82) is 0 Å². The number of amides is 1. The topological polar surface area (TPSA) is 115 Å². The number of benzene rings is 2. The van der Waals surface area contributed by atoms with Gasteiger partial charge in [0.25, 0.3) is 0 Å². The monoisotopic (exact) mass is 473 g/mol. The van der Waals surface area contributed by atoms with Gasteiger partial charge in [0.1, 0.15) is 39.7 Å². The number of fused-ring (bicyclic) bond motifs is 2. The van der Waals surface area contributed by atoms with Gasteiger partial charge in [0.15, 0.2) is 0 Å². The molecule has 3 aromatic rings. The second-order valence-electron chi connectivity index (χ2n) is 8.60. The minimum Gasteiger partial charge on any atom is -0.507 e. The fourth-order valence-corrected chi connectivity index (χ4v) is 3.75. The van der Waals surface area contributed by atoms with Gasteiger partial charge in [0.05, 0.1) is 5.39 Å². The highest BCUT2D eigenvalue weighted by molar-refractivity contribution is 7.98. The molecule has 1 heterocycles. The molecule has 0 bridgehead atoms. The number of esters is 1. The third-order valence-electron chi connectivity index (χ3n) is 4.76. The molecule has 1 atom stereocenters. The first kappa shape index (κ1) is 24.4. The maximum absolute atomic E-state index is 12.9. The quantitative estimate of drug-likeness (QED) is 0.305. The van der Waals surface area contributed by atoms with Gasteiger partial charge in [0.2, 0.25) is 5.43 Å². The smallest absolute Gasteiger partial charge is 0.408 e. The summed E-state index contributed by atoms with van der Waals surface area (Å²) in [6.07, 6.45) is 1.46. The number of phenols is 1. The minimum absolute atomic E-state index is 0.00119. The van der Waals surface area contributed by atoms with Crippen molar-refractivity contribution >= 4 is 45.8 Å². The Morgan fingerprint density at radius 3 is 2.64 bits per heavy atom. The molecule has 1 unspecified atom stereocenters. The fourth-order valence-electron chi connectivity index (χ4n) is 3.28. The number of rotatable bonds is 6. The van der Waals surface area contributed by atoms with Gasteiger partial charge < -0.3 is 24.3 Å². The third-order valence-corrected chi connectivity index (χ3v) is 5.40. The number of nitrogens with one attached hydrogen (secondary N) is 1. The maximum atomic E-state index is 12.9. The number of hydrogen-bond donors (Lipinski definition) is 2. The summed E-state index contributed by atoms with van der Waals surface area (Å²) >= 11 is 1.51. The number of carbonyl (C=O) groups is 2. The summed E-state index contributed by atoms with van der Waals surface area (Å²) < 4.78 is 16.5. The largest absolute Gasteiger partial charge is 0.507 e. The van der Waals surface area contributed by atoms with Crippen LogP contribution in [-0.4, -0.2) is 40.8 Å². The molecule has 0 aliphatic heterocycles. The van der Waals surface area contributed by atoms with Crippen LogP contribution in [-0.2, 0) is 9.53 Å². The normalized spacial score (nSPS) is 12.5. The van der Waals surface area contributed by atoms with E-state index < -0.39 is 23.7 Å². The second-order valence-corrected chi connectivity index (χ2v) is 9.59. The van der Waals surface area contributed by atoms with Gasteiger partial charge in [-0.05, 0) is 57.8 Å². The lowest BCUT2D eigenvalue weighted by atomic mass is 10.1. The molecule has 0 radical (unpaired) electrons. The van der Waals surface area contributed by atoms with Crippen LogP contribution in [0.4, 0.5) is 4.79 Å². The molecule has 8 nitrogen and oxygen atoms in total. The number of hydrogen-bond acceptors (Lipinski definition) is 8. The van der Waals surface area contributed by atoms with Gasteiger partial charge in [-0.1, -0.05) is 12.1 Å². The zero-order valence-electron chi connectivity index (χ0n) is 19.2. The van der Waals surface area contributed by atoms with Crippen LogP contribution in [0.15, 0.2) is 39.5 Å². The first-order valence-electron chi connectivity index (χ1n) is 10.4.